The van der Waals surface area contributed by atoms with Crippen LogP contribution in [0.3, 0.4) is 0 Å². The molecule has 1 heterocycles. The van der Waals surface area contributed by atoms with Crippen LogP contribution in [0, 0.1) is 0 Å². The summed E-state index contributed by atoms with van der Waals surface area (Å²) in [6.07, 6.45) is 0. The number of Topliss-reactive ketones (excluding diaryl/α,β-unsaturated/α-hetero) is 1. The number of amides is 1. The Morgan fingerprint density at radius 2 is 1.26 bits per heavy atom. The molecular formula is C22H17NO4. The Kier molecular flexibility index (Phi) is 4.12. The number of ether oxygens (including phenoxy) is 2. The quantitative estimate of drug-likeness (QED) is 0.654. The van der Waals surface area contributed by atoms with Crippen LogP contribution in [0.1, 0.15) is 10.4 Å². The number of carbonyl (C=O) groups excluding carboxylic acids is 2. The maximum absolute atomic E-state index is 12.6. The second-order valence-electron chi connectivity index (χ2n) is 6.13. The summed E-state index contributed by atoms with van der Waals surface area (Å²) in [7, 11) is 3.19. The first-order chi connectivity index (χ1) is 13.1. The molecule has 4 rings (SSSR count). The fraction of sp³-hybridized carbons (Fsp3) is 0.0909. The number of carbonyl (C=O) groups is 2. The molecule has 0 saturated heterocycles. The van der Waals surface area contributed by atoms with Crippen LogP contribution in [0.2, 0.25) is 0 Å². The summed E-state index contributed by atoms with van der Waals surface area (Å²) in [6.45, 7) is 0. The van der Waals surface area contributed by atoms with E-state index in [0.29, 0.717) is 22.7 Å². The van der Waals surface area contributed by atoms with E-state index in [0.717, 1.165) is 16.9 Å². The van der Waals surface area contributed by atoms with Crippen molar-refractivity contribution in [3.8, 4) is 22.6 Å². The molecular weight excluding hydrogens is 342 g/mol. The minimum absolute atomic E-state index is 0.407. The highest BCUT2D eigenvalue weighted by atomic mass is 16.5. The number of ketones is 1. The van der Waals surface area contributed by atoms with Gasteiger partial charge in [-0.25, -0.2) is 0 Å². The highest BCUT2D eigenvalue weighted by molar-refractivity contribution is 6.53. The zero-order chi connectivity index (χ0) is 19.0. The monoisotopic (exact) mass is 359 g/mol. The lowest BCUT2D eigenvalue weighted by atomic mass is 10.0. The first kappa shape index (κ1) is 16.8. The Balaban J connectivity index is 1.74. The van der Waals surface area contributed by atoms with E-state index in [4.69, 9.17) is 9.47 Å². The fourth-order valence-electron chi connectivity index (χ4n) is 3.19. The molecule has 1 amide bonds. The van der Waals surface area contributed by atoms with Crippen molar-refractivity contribution in [2.75, 3.05) is 19.1 Å². The van der Waals surface area contributed by atoms with Crippen LogP contribution in [-0.4, -0.2) is 25.9 Å². The molecule has 0 spiro atoms. The molecule has 27 heavy (non-hydrogen) atoms. The van der Waals surface area contributed by atoms with E-state index < -0.39 is 11.7 Å². The van der Waals surface area contributed by atoms with Gasteiger partial charge in [-0.15, -0.1) is 0 Å². The van der Waals surface area contributed by atoms with Crippen LogP contribution in [0.5, 0.6) is 11.5 Å². The molecule has 1 aliphatic rings. The van der Waals surface area contributed by atoms with Crippen molar-refractivity contribution >= 4 is 23.1 Å². The van der Waals surface area contributed by atoms with E-state index in [1.165, 1.54) is 4.90 Å². The molecule has 134 valence electrons. The molecule has 0 radical (unpaired) electrons. The number of hydrogen-bond donors (Lipinski definition) is 0. The topological polar surface area (TPSA) is 55.8 Å². The van der Waals surface area contributed by atoms with Gasteiger partial charge in [-0.05, 0) is 59.7 Å². The van der Waals surface area contributed by atoms with E-state index in [9.17, 15) is 9.59 Å². The SMILES string of the molecule is COc1ccc(-c2ccc3c(c2)C(=O)C(=O)N3c2ccc(OC)cc2)cc1. The molecule has 0 fully saturated rings. The summed E-state index contributed by atoms with van der Waals surface area (Å²) >= 11 is 0. The van der Waals surface area contributed by atoms with Gasteiger partial charge in [-0.1, -0.05) is 18.2 Å². The molecule has 1 aliphatic heterocycles. The van der Waals surface area contributed by atoms with E-state index in [2.05, 4.69) is 0 Å². The van der Waals surface area contributed by atoms with E-state index in [1.807, 2.05) is 36.4 Å². The second kappa shape index (κ2) is 6.61. The molecule has 3 aromatic rings. The van der Waals surface area contributed by atoms with Gasteiger partial charge in [0.1, 0.15) is 11.5 Å². The third-order valence-corrected chi connectivity index (χ3v) is 4.63. The van der Waals surface area contributed by atoms with Gasteiger partial charge >= 0.3 is 5.91 Å². The molecule has 3 aromatic carbocycles. The normalized spacial score (nSPS) is 12.9. The average molecular weight is 359 g/mol. The van der Waals surface area contributed by atoms with Crippen molar-refractivity contribution < 1.29 is 19.1 Å². The van der Waals surface area contributed by atoms with Gasteiger partial charge in [0.25, 0.3) is 5.78 Å². The fourth-order valence-corrected chi connectivity index (χ4v) is 3.19. The maximum Gasteiger partial charge on any atom is 0.304 e. The number of hydrogen-bond acceptors (Lipinski definition) is 4. The second-order valence-corrected chi connectivity index (χ2v) is 6.13. The Morgan fingerprint density at radius 3 is 1.85 bits per heavy atom. The van der Waals surface area contributed by atoms with Gasteiger partial charge in [-0.2, -0.15) is 0 Å². The largest absolute Gasteiger partial charge is 0.497 e. The number of nitrogens with zero attached hydrogens (tertiary/aromatic N) is 1. The van der Waals surface area contributed by atoms with E-state index >= 15 is 0 Å². The number of methoxy groups -OCH3 is 2. The van der Waals surface area contributed by atoms with Crippen LogP contribution in [0.15, 0.2) is 66.7 Å². The Labute approximate surface area is 156 Å². The standard InChI is InChI=1S/C22H17NO4/c1-26-17-8-3-14(4-9-17)15-5-12-20-19(13-15)21(24)22(25)23(20)16-6-10-18(27-2)11-7-16/h3-13H,1-2H3. The molecule has 0 unspecified atom stereocenters. The lowest BCUT2D eigenvalue weighted by Gasteiger charge is -2.17. The van der Waals surface area contributed by atoms with Crippen molar-refractivity contribution in [2.24, 2.45) is 0 Å². The van der Waals surface area contributed by atoms with Gasteiger partial charge < -0.3 is 9.47 Å². The molecule has 0 atom stereocenters. The minimum atomic E-state index is -0.554. The summed E-state index contributed by atoms with van der Waals surface area (Å²) in [5.41, 5.74) is 3.44. The van der Waals surface area contributed by atoms with Gasteiger partial charge in [-0.3, -0.25) is 14.5 Å². The maximum atomic E-state index is 12.6. The highest BCUT2D eigenvalue weighted by Gasteiger charge is 2.37. The lowest BCUT2D eigenvalue weighted by molar-refractivity contribution is -0.113. The Hall–Kier alpha value is -3.60. The number of fused-ring (bicyclic) bond motifs is 1. The zero-order valence-corrected chi connectivity index (χ0v) is 14.9. The third-order valence-electron chi connectivity index (χ3n) is 4.63. The van der Waals surface area contributed by atoms with E-state index in [1.54, 1.807) is 44.6 Å². The molecule has 0 bridgehead atoms. The first-order valence-corrected chi connectivity index (χ1v) is 8.43. The van der Waals surface area contributed by atoms with Crippen LogP contribution >= 0.6 is 0 Å². The Morgan fingerprint density at radius 1 is 0.704 bits per heavy atom. The summed E-state index contributed by atoms with van der Waals surface area (Å²) in [5.74, 6) is 0.391. The summed E-state index contributed by atoms with van der Waals surface area (Å²) in [6, 6.07) is 20.1. The molecule has 0 aromatic heterocycles. The van der Waals surface area contributed by atoms with E-state index in [-0.39, 0.29) is 0 Å². The van der Waals surface area contributed by atoms with Crippen molar-refractivity contribution in [2.45, 2.75) is 0 Å². The molecule has 5 nitrogen and oxygen atoms in total. The van der Waals surface area contributed by atoms with Crippen molar-refractivity contribution in [3.63, 3.8) is 0 Å². The first-order valence-electron chi connectivity index (χ1n) is 8.43. The summed E-state index contributed by atoms with van der Waals surface area (Å²) in [5, 5.41) is 0. The average Bonchev–Trinajstić information content (AvgIpc) is 2.98. The lowest BCUT2D eigenvalue weighted by Crippen LogP contribution is -2.24. The smallest absolute Gasteiger partial charge is 0.304 e. The number of anilines is 2. The highest BCUT2D eigenvalue weighted by Crippen LogP contribution is 2.38. The van der Waals surface area contributed by atoms with Crippen LogP contribution in [0.25, 0.3) is 11.1 Å². The van der Waals surface area contributed by atoms with Crippen LogP contribution in [-0.2, 0) is 4.79 Å². The predicted molar refractivity (Wildman–Crippen MR) is 103 cm³/mol. The zero-order valence-electron chi connectivity index (χ0n) is 14.9. The van der Waals surface area contributed by atoms with Crippen LogP contribution in [0.4, 0.5) is 11.4 Å². The minimum Gasteiger partial charge on any atom is -0.497 e. The van der Waals surface area contributed by atoms with Gasteiger partial charge in [0.15, 0.2) is 0 Å². The van der Waals surface area contributed by atoms with Crippen molar-refractivity contribution in [1.29, 1.82) is 0 Å². The summed E-state index contributed by atoms with van der Waals surface area (Å²) in [4.78, 5) is 26.6. The third kappa shape index (κ3) is 2.83. The molecule has 0 N–H and O–H groups in total. The van der Waals surface area contributed by atoms with Crippen molar-refractivity contribution in [3.05, 3.63) is 72.3 Å². The molecule has 0 saturated carbocycles. The van der Waals surface area contributed by atoms with Gasteiger partial charge in [0, 0.05) is 5.69 Å². The van der Waals surface area contributed by atoms with Crippen LogP contribution < -0.4 is 14.4 Å². The van der Waals surface area contributed by atoms with Crippen molar-refractivity contribution in [1.82, 2.24) is 0 Å². The number of rotatable bonds is 4. The Bertz CT molecular complexity index is 1020. The van der Waals surface area contributed by atoms with Gasteiger partial charge in [0.05, 0.1) is 25.5 Å². The predicted octanol–water partition coefficient (Wildman–Crippen LogP) is 4.23. The summed E-state index contributed by atoms with van der Waals surface area (Å²) < 4.78 is 10.3. The molecule has 5 heteroatoms. The number of benzene rings is 3. The molecule has 0 aliphatic carbocycles. The van der Waals surface area contributed by atoms with Gasteiger partial charge in [0.2, 0.25) is 0 Å².